The minimum absolute atomic E-state index is 0. The van der Waals surface area contributed by atoms with E-state index in [9.17, 15) is 13.2 Å². The zero-order valence-electron chi connectivity index (χ0n) is 16.0. The van der Waals surface area contributed by atoms with Gasteiger partial charge in [-0.15, -0.1) is 12.4 Å². The Labute approximate surface area is 169 Å². The van der Waals surface area contributed by atoms with Gasteiger partial charge in [0.1, 0.15) is 0 Å². The standard InChI is InChI=1S/C20H30N2O3S.ClH/c1-2-15-22(17-11-13-21-14-12-17)20(23)16-7-9-19(10-8-16)26(24,25)18-5-3-4-6-18;/h7-10,17-18,21H,2-6,11-15H2,1H3;1H. The maximum atomic E-state index is 13.0. The van der Waals surface area contributed by atoms with Crippen LogP contribution in [0.15, 0.2) is 29.2 Å². The first kappa shape index (κ1) is 22.2. The first-order chi connectivity index (χ1) is 12.5. The number of sulfone groups is 1. The van der Waals surface area contributed by atoms with E-state index in [1.54, 1.807) is 24.3 Å². The summed E-state index contributed by atoms with van der Waals surface area (Å²) in [4.78, 5) is 15.3. The quantitative estimate of drug-likeness (QED) is 0.774. The molecule has 1 aliphatic carbocycles. The van der Waals surface area contributed by atoms with Gasteiger partial charge >= 0.3 is 0 Å². The van der Waals surface area contributed by atoms with E-state index in [0.717, 1.165) is 64.6 Å². The van der Waals surface area contributed by atoms with Crippen molar-refractivity contribution in [2.24, 2.45) is 0 Å². The van der Waals surface area contributed by atoms with E-state index in [1.165, 1.54) is 0 Å². The van der Waals surface area contributed by atoms with Crippen molar-refractivity contribution >= 4 is 28.2 Å². The summed E-state index contributed by atoms with van der Waals surface area (Å²) in [6.45, 7) is 4.71. The molecule has 1 aliphatic heterocycles. The van der Waals surface area contributed by atoms with E-state index in [1.807, 2.05) is 4.90 Å². The van der Waals surface area contributed by atoms with Crippen LogP contribution < -0.4 is 5.32 Å². The molecule has 7 heteroatoms. The molecular formula is C20H31ClN2O3S. The lowest BCUT2D eigenvalue weighted by Crippen LogP contribution is -2.46. The summed E-state index contributed by atoms with van der Waals surface area (Å²) in [6, 6.07) is 6.88. The molecule has 0 bridgehead atoms. The molecule has 0 aromatic heterocycles. The number of benzene rings is 1. The minimum Gasteiger partial charge on any atom is -0.336 e. The predicted octanol–water partition coefficient (Wildman–Crippen LogP) is 3.43. The van der Waals surface area contributed by atoms with Crippen molar-refractivity contribution in [1.82, 2.24) is 10.2 Å². The van der Waals surface area contributed by atoms with Crippen molar-refractivity contribution in [2.45, 2.75) is 68.1 Å². The summed E-state index contributed by atoms with van der Waals surface area (Å²) in [5, 5.41) is 3.08. The van der Waals surface area contributed by atoms with Gasteiger partial charge in [0.25, 0.3) is 5.91 Å². The summed E-state index contributed by atoms with van der Waals surface area (Å²) >= 11 is 0. The van der Waals surface area contributed by atoms with Crippen LogP contribution in [0.2, 0.25) is 0 Å². The molecule has 1 N–H and O–H groups in total. The van der Waals surface area contributed by atoms with Crippen molar-refractivity contribution in [1.29, 1.82) is 0 Å². The molecule has 1 heterocycles. The van der Waals surface area contributed by atoms with Gasteiger partial charge in [0.15, 0.2) is 9.84 Å². The molecule has 2 aliphatic rings. The monoisotopic (exact) mass is 414 g/mol. The van der Waals surface area contributed by atoms with Gasteiger partial charge in [-0.05, 0) is 69.5 Å². The predicted molar refractivity (Wildman–Crippen MR) is 110 cm³/mol. The van der Waals surface area contributed by atoms with Crippen LogP contribution in [0.3, 0.4) is 0 Å². The second-order valence-corrected chi connectivity index (χ2v) is 9.68. The highest BCUT2D eigenvalue weighted by Gasteiger charge is 2.31. The third-order valence-electron chi connectivity index (χ3n) is 5.65. The number of hydrogen-bond donors (Lipinski definition) is 1. The number of rotatable bonds is 6. The summed E-state index contributed by atoms with van der Waals surface area (Å²) < 4.78 is 25.4. The number of hydrogen-bond acceptors (Lipinski definition) is 4. The number of piperidine rings is 1. The van der Waals surface area contributed by atoms with Crippen molar-refractivity contribution < 1.29 is 13.2 Å². The van der Waals surface area contributed by atoms with Gasteiger partial charge < -0.3 is 10.2 Å². The molecule has 1 aromatic carbocycles. The van der Waals surface area contributed by atoms with Gasteiger partial charge in [-0.1, -0.05) is 19.8 Å². The van der Waals surface area contributed by atoms with Crippen molar-refractivity contribution in [3.63, 3.8) is 0 Å². The Morgan fingerprint density at radius 2 is 1.67 bits per heavy atom. The molecular weight excluding hydrogens is 384 g/mol. The third kappa shape index (κ3) is 5.04. The molecule has 1 aromatic rings. The molecule has 1 saturated heterocycles. The Bertz CT molecular complexity index is 709. The fourth-order valence-corrected chi connectivity index (χ4v) is 6.01. The number of carbonyl (C=O) groups excluding carboxylic acids is 1. The molecule has 0 atom stereocenters. The third-order valence-corrected chi connectivity index (χ3v) is 7.92. The molecule has 0 unspecified atom stereocenters. The lowest BCUT2D eigenvalue weighted by Gasteiger charge is -2.34. The van der Waals surface area contributed by atoms with Gasteiger partial charge in [-0.3, -0.25) is 4.79 Å². The number of nitrogens with zero attached hydrogens (tertiary/aromatic N) is 1. The largest absolute Gasteiger partial charge is 0.336 e. The van der Waals surface area contributed by atoms with Crippen LogP contribution in [-0.2, 0) is 9.84 Å². The molecule has 152 valence electrons. The Hall–Kier alpha value is -1.11. The highest BCUT2D eigenvalue weighted by atomic mass is 35.5. The van der Waals surface area contributed by atoms with Crippen LogP contribution in [0.25, 0.3) is 0 Å². The number of amides is 1. The minimum atomic E-state index is -3.27. The summed E-state index contributed by atoms with van der Waals surface area (Å²) in [6.07, 6.45) is 6.35. The van der Waals surface area contributed by atoms with Crippen LogP contribution in [0, 0.1) is 0 Å². The van der Waals surface area contributed by atoms with Crippen LogP contribution in [0.4, 0.5) is 0 Å². The fraction of sp³-hybridized carbons (Fsp3) is 0.650. The maximum absolute atomic E-state index is 13.0. The first-order valence-electron chi connectivity index (χ1n) is 9.89. The van der Waals surface area contributed by atoms with E-state index in [-0.39, 0.29) is 29.6 Å². The van der Waals surface area contributed by atoms with Crippen LogP contribution in [-0.4, -0.2) is 50.2 Å². The number of nitrogens with one attached hydrogen (secondary N) is 1. The highest BCUT2D eigenvalue weighted by molar-refractivity contribution is 7.92. The molecule has 5 nitrogen and oxygen atoms in total. The molecule has 0 radical (unpaired) electrons. The van der Waals surface area contributed by atoms with E-state index >= 15 is 0 Å². The fourth-order valence-electron chi connectivity index (χ4n) is 4.15. The second kappa shape index (κ2) is 9.89. The van der Waals surface area contributed by atoms with E-state index < -0.39 is 9.84 Å². The Morgan fingerprint density at radius 3 is 2.22 bits per heavy atom. The van der Waals surface area contributed by atoms with Gasteiger partial charge in [-0.25, -0.2) is 8.42 Å². The van der Waals surface area contributed by atoms with Crippen LogP contribution >= 0.6 is 12.4 Å². The normalized spacial score (nSPS) is 18.9. The number of halogens is 1. The van der Waals surface area contributed by atoms with E-state index in [0.29, 0.717) is 10.5 Å². The van der Waals surface area contributed by atoms with E-state index in [2.05, 4.69) is 12.2 Å². The molecule has 0 spiro atoms. The van der Waals surface area contributed by atoms with Gasteiger partial charge in [0, 0.05) is 18.2 Å². The smallest absolute Gasteiger partial charge is 0.254 e. The van der Waals surface area contributed by atoms with Gasteiger partial charge in [0.2, 0.25) is 0 Å². The van der Waals surface area contributed by atoms with Crippen LogP contribution in [0.1, 0.15) is 62.2 Å². The van der Waals surface area contributed by atoms with Crippen molar-refractivity contribution in [3.05, 3.63) is 29.8 Å². The Morgan fingerprint density at radius 1 is 1.07 bits per heavy atom. The lowest BCUT2D eigenvalue weighted by molar-refractivity contribution is 0.0642. The van der Waals surface area contributed by atoms with Gasteiger partial charge in [0.05, 0.1) is 10.1 Å². The molecule has 27 heavy (non-hydrogen) atoms. The zero-order valence-corrected chi connectivity index (χ0v) is 17.7. The highest BCUT2D eigenvalue weighted by Crippen LogP contribution is 2.29. The zero-order chi connectivity index (χ0) is 18.6. The maximum Gasteiger partial charge on any atom is 0.254 e. The van der Waals surface area contributed by atoms with Crippen molar-refractivity contribution in [3.8, 4) is 0 Å². The van der Waals surface area contributed by atoms with Crippen molar-refractivity contribution in [2.75, 3.05) is 19.6 Å². The summed E-state index contributed by atoms with van der Waals surface area (Å²) in [5.41, 5.74) is 0.586. The molecule has 3 rings (SSSR count). The average Bonchev–Trinajstić information content (AvgIpc) is 3.22. The SMILES string of the molecule is CCCN(C(=O)c1ccc(S(=O)(=O)C2CCCC2)cc1)C1CCNCC1.Cl. The summed E-state index contributed by atoms with van der Waals surface area (Å²) in [5.74, 6) is 0.0172. The summed E-state index contributed by atoms with van der Waals surface area (Å²) in [7, 11) is -3.27. The first-order valence-corrected chi connectivity index (χ1v) is 11.4. The Balaban J connectivity index is 0.00000261. The average molecular weight is 415 g/mol. The van der Waals surface area contributed by atoms with E-state index in [4.69, 9.17) is 0 Å². The lowest BCUT2D eigenvalue weighted by atomic mass is 10.0. The molecule has 1 saturated carbocycles. The molecule has 1 amide bonds. The number of carbonyl (C=O) groups is 1. The second-order valence-electron chi connectivity index (χ2n) is 7.46. The van der Waals surface area contributed by atoms with Gasteiger partial charge in [-0.2, -0.15) is 0 Å². The Kier molecular flexibility index (Phi) is 8.13. The molecule has 2 fully saturated rings. The van der Waals surface area contributed by atoms with Crippen LogP contribution in [0.5, 0.6) is 0 Å². The topological polar surface area (TPSA) is 66.5 Å².